The maximum atomic E-state index is 12.9. The maximum absolute atomic E-state index is 12.9. The van der Waals surface area contributed by atoms with Crippen molar-refractivity contribution in [3.63, 3.8) is 0 Å². The Bertz CT molecular complexity index is 944. The Morgan fingerprint density at radius 2 is 1.70 bits per heavy atom. The lowest BCUT2D eigenvalue weighted by Crippen LogP contribution is -2.50. The lowest BCUT2D eigenvalue weighted by Gasteiger charge is -2.34. The fraction of sp³-hybridized carbons (Fsp3) is 0.263. The van der Waals surface area contributed by atoms with Gasteiger partial charge in [0.15, 0.2) is 0 Å². The van der Waals surface area contributed by atoms with Crippen molar-refractivity contribution >= 4 is 23.2 Å². The van der Waals surface area contributed by atoms with E-state index < -0.39 is 0 Å². The molecule has 0 saturated carbocycles. The lowest BCUT2D eigenvalue weighted by molar-refractivity contribution is 0.0531. The molecular formula is C19H19N5O2S. The fourth-order valence-electron chi connectivity index (χ4n) is 3.19. The highest BCUT2D eigenvalue weighted by molar-refractivity contribution is 7.17. The molecular weight excluding hydrogens is 362 g/mol. The summed E-state index contributed by atoms with van der Waals surface area (Å²) in [6, 6.07) is 12.1. The van der Waals surface area contributed by atoms with Gasteiger partial charge >= 0.3 is 0 Å². The zero-order valence-corrected chi connectivity index (χ0v) is 15.7. The molecule has 3 heterocycles. The third-order valence-corrected chi connectivity index (χ3v) is 5.91. The van der Waals surface area contributed by atoms with Gasteiger partial charge in [-0.05, 0) is 24.1 Å². The quantitative estimate of drug-likeness (QED) is 0.755. The van der Waals surface area contributed by atoms with E-state index in [4.69, 9.17) is 0 Å². The summed E-state index contributed by atoms with van der Waals surface area (Å²) in [4.78, 5) is 34.5. The minimum absolute atomic E-state index is 0.0250. The third kappa shape index (κ3) is 3.48. The summed E-state index contributed by atoms with van der Waals surface area (Å²) in [6.07, 6.45) is 1.32. The molecule has 7 nitrogen and oxygen atoms in total. The van der Waals surface area contributed by atoms with Crippen LogP contribution in [0.25, 0.3) is 10.4 Å². The average Bonchev–Trinajstić information content (AvgIpc) is 3.38. The molecule has 27 heavy (non-hydrogen) atoms. The Morgan fingerprint density at radius 3 is 2.33 bits per heavy atom. The first-order valence-electron chi connectivity index (χ1n) is 8.73. The number of aromatic nitrogens is 3. The Kier molecular flexibility index (Phi) is 4.72. The van der Waals surface area contributed by atoms with E-state index in [1.807, 2.05) is 36.1 Å². The second-order valence-electron chi connectivity index (χ2n) is 6.41. The van der Waals surface area contributed by atoms with Crippen LogP contribution in [0.15, 0.2) is 42.7 Å². The second kappa shape index (κ2) is 7.32. The largest absolute Gasteiger partial charge is 0.334 e. The highest BCUT2D eigenvalue weighted by atomic mass is 32.1. The van der Waals surface area contributed by atoms with Crippen molar-refractivity contribution in [2.45, 2.75) is 6.92 Å². The number of rotatable bonds is 3. The number of nitrogens with zero attached hydrogens (tertiary/aromatic N) is 4. The van der Waals surface area contributed by atoms with Gasteiger partial charge in [-0.3, -0.25) is 14.7 Å². The summed E-state index contributed by atoms with van der Waals surface area (Å²) in [7, 11) is 0. The number of hydrogen-bond donors (Lipinski definition) is 1. The van der Waals surface area contributed by atoms with Gasteiger partial charge in [-0.2, -0.15) is 5.10 Å². The first kappa shape index (κ1) is 17.4. The molecule has 2 aromatic heterocycles. The number of benzene rings is 1. The topological polar surface area (TPSA) is 82.2 Å². The Labute approximate surface area is 160 Å². The molecule has 1 saturated heterocycles. The monoisotopic (exact) mass is 381 g/mol. The molecule has 3 aromatic rings. The SMILES string of the molecule is Cc1cc(C(=O)N2CCN(C(=O)c3ncn[nH]3)CC2)sc1-c1ccccc1. The molecule has 138 valence electrons. The maximum Gasteiger partial charge on any atom is 0.291 e. The van der Waals surface area contributed by atoms with E-state index in [1.54, 1.807) is 4.90 Å². The molecule has 1 aliphatic rings. The van der Waals surface area contributed by atoms with Gasteiger partial charge in [0.1, 0.15) is 6.33 Å². The molecule has 0 spiro atoms. The third-order valence-electron chi connectivity index (χ3n) is 4.64. The number of H-pyrrole nitrogens is 1. The molecule has 0 atom stereocenters. The normalized spacial score (nSPS) is 14.4. The van der Waals surface area contributed by atoms with Crippen molar-refractivity contribution in [1.82, 2.24) is 25.0 Å². The molecule has 0 bridgehead atoms. The van der Waals surface area contributed by atoms with Crippen LogP contribution in [-0.4, -0.2) is 63.0 Å². The predicted molar refractivity (Wildman–Crippen MR) is 103 cm³/mol. The molecule has 1 fully saturated rings. The van der Waals surface area contributed by atoms with E-state index in [0.29, 0.717) is 26.2 Å². The van der Waals surface area contributed by atoms with Gasteiger partial charge in [-0.25, -0.2) is 4.98 Å². The Morgan fingerprint density at radius 1 is 1.04 bits per heavy atom. The molecule has 4 rings (SSSR count). The van der Waals surface area contributed by atoms with Crippen LogP contribution in [0, 0.1) is 6.92 Å². The van der Waals surface area contributed by atoms with Crippen molar-refractivity contribution in [2.75, 3.05) is 26.2 Å². The van der Waals surface area contributed by atoms with E-state index in [0.717, 1.165) is 20.9 Å². The molecule has 0 unspecified atom stereocenters. The summed E-state index contributed by atoms with van der Waals surface area (Å²) in [5.41, 5.74) is 2.23. The number of thiophene rings is 1. The van der Waals surface area contributed by atoms with E-state index >= 15 is 0 Å². The highest BCUT2D eigenvalue weighted by Gasteiger charge is 2.27. The van der Waals surface area contributed by atoms with Gasteiger partial charge in [0, 0.05) is 31.1 Å². The van der Waals surface area contributed by atoms with Crippen molar-refractivity contribution in [1.29, 1.82) is 0 Å². The van der Waals surface area contributed by atoms with Crippen molar-refractivity contribution < 1.29 is 9.59 Å². The number of amides is 2. The van der Waals surface area contributed by atoms with Crippen LogP contribution in [0.5, 0.6) is 0 Å². The van der Waals surface area contributed by atoms with Gasteiger partial charge in [-0.15, -0.1) is 11.3 Å². The second-order valence-corrected chi connectivity index (χ2v) is 7.46. The standard InChI is InChI=1S/C19H19N5O2S/c1-13-11-15(27-16(13)14-5-3-2-4-6-14)18(25)23-7-9-24(10-8-23)19(26)17-20-12-21-22-17/h2-6,11-12H,7-10H2,1H3,(H,20,21,22). The van der Waals surface area contributed by atoms with E-state index in [2.05, 4.69) is 27.3 Å². The van der Waals surface area contributed by atoms with Gasteiger partial charge in [0.25, 0.3) is 11.8 Å². The van der Waals surface area contributed by atoms with E-state index in [9.17, 15) is 9.59 Å². The van der Waals surface area contributed by atoms with Gasteiger partial charge < -0.3 is 9.80 Å². The predicted octanol–water partition coefficient (Wildman–Crippen LogP) is 2.44. The summed E-state index contributed by atoms with van der Waals surface area (Å²) in [5.74, 6) is 0.0751. The zero-order valence-electron chi connectivity index (χ0n) is 14.9. The number of carbonyl (C=O) groups is 2. The van der Waals surface area contributed by atoms with Crippen molar-refractivity contribution in [2.24, 2.45) is 0 Å². The first-order valence-corrected chi connectivity index (χ1v) is 9.55. The summed E-state index contributed by atoms with van der Waals surface area (Å²) < 4.78 is 0. The summed E-state index contributed by atoms with van der Waals surface area (Å²) in [5, 5.41) is 6.30. The molecule has 8 heteroatoms. The molecule has 2 amide bonds. The fourth-order valence-corrected chi connectivity index (χ4v) is 4.34. The van der Waals surface area contributed by atoms with Crippen LogP contribution >= 0.6 is 11.3 Å². The number of carbonyl (C=O) groups excluding carboxylic acids is 2. The Balaban J connectivity index is 1.43. The number of aromatic amines is 1. The van der Waals surface area contributed by atoms with Crippen molar-refractivity contribution in [3.8, 4) is 10.4 Å². The summed E-state index contributed by atoms with van der Waals surface area (Å²) in [6.45, 7) is 4.03. The lowest BCUT2D eigenvalue weighted by atomic mass is 10.1. The minimum Gasteiger partial charge on any atom is -0.334 e. The smallest absolute Gasteiger partial charge is 0.291 e. The first-order chi connectivity index (χ1) is 13.1. The zero-order chi connectivity index (χ0) is 18.8. The Hall–Kier alpha value is -3.00. The summed E-state index contributed by atoms with van der Waals surface area (Å²) >= 11 is 1.52. The van der Waals surface area contributed by atoms with Gasteiger partial charge in [0.2, 0.25) is 5.82 Å². The number of nitrogens with one attached hydrogen (secondary N) is 1. The van der Waals surface area contributed by atoms with E-state index in [-0.39, 0.29) is 17.6 Å². The number of hydrogen-bond acceptors (Lipinski definition) is 5. The van der Waals surface area contributed by atoms with Crippen LogP contribution < -0.4 is 0 Å². The minimum atomic E-state index is -0.182. The van der Waals surface area contributed by atoms with Crippen molar-refractivity contribution in [3.05, 3.63) is 59.0 Å². The molecule has 0 radical (unpaired) electrons. The number of piperazine rings is 1. The van der Waals surface area contributed by atoms with Crippen LogP contribution in [0.3, 0.4) is 0 Å². The average molecular weight is 381 g/mol. The van der Waals surface area contributed by atoms with Crippen LogP contribution in [-0.2, 0) is 0 Å². The molecule has 0 aliphatic carbocycles. The van der Waals surface area contributed by atoms with Crippen LogP contribution in [0.1, 0.15) is 25.9 Å². The highest BCUT2D eigenvalue weighted by Crippen LogP contribution is 2.33. The molecule has 1 N–H and O–H groups in total. The van der Waals surface area contributed by atoms with Gasteiger partial charge in [0.05, 0.1) is 4.88 Å². The number of aryl methyl sites for hydroxylation is 1. The van der Waals surface area contributed by atoms with E-state index in [1.165, 1.54) is 17.7 Å². The van der Waals surface area contributed by atoms with Gasteiger partial charge in [-0.1, -0.05) is 30.3 Å². The van der Waals surface area contributed by atoms with Crippen LogP contribution in [0.4, 0.5) is 0 Å². The molecule has 1 aromatic carbocycles. The van der Waals surface area contributed by atoms with Crippen LogP contribution in [0.2, 0.25) is 0 Å². The molecule has 1 aliphatic heterocycles.